The molecule has 3 heterocycles. The number of carboxylic acid groups (broad SMARTS) is 1. The van der Waals surface area contributed by atoms with Crippen molar-refractivity contribution >= 4 is 44.2 Å². The van der Waals surface area contributed by atoms with Crippen molar-refractivity contribution < 1.29 is 40.5 Å². The van der Waals surface area contributed by atoms with Gasteiger partial charge in [0.05, 0.1) is 12.7 Å². The van der Waals surface area contributed by atoms with Crippen molar-refractivity contribution in [3.05, 3.63) is 101 Å². The minimum Gasteiger partial charge on any atom is -0.493 e. The minimum atomic E-state index is -5.58. The van der Waals surface area contributed by atoms with Gasteiger partial charge < -0.3 is 20.1 Å². The van der Waals surface area contributed by atoms with Gasteiger partial charge in [-0.15, -0.1) is 11.3 Å². The number of rotatable bonds is 7. The van der Waals surface area contributed by atoms with E-state index in [0.29, 0.717) is 23.4 Å². The third kappa shape index (κ3) is 4.28. The second-order valence-corrected chi connectivity index (χ2v) is 13.5. The second-order valence-electron chi connectivity index (χ2n) is 10.6. The normalized spacial score (nSPS) is 24.1. The highest BCUT2D eigenvalue weighted by Crippen LogP contribution is 2.56. The number of hydrogen-bond acceptors (Lipinski definition) is 10. The Balaban J connectivity index is 1.79. The topological polar surface area (TPSA) is 150 Å². The molecule has 0 aliphatic carbocycles. The number of halogens is 2. The van der Waals surface area contributed by atoms with Crippen molar-refractivity contribution in [2.45, 2.75) is 29.3 Å². The van der Waals surface area contributed by atoms with Gasteiger partial charge in [0.15, 0.2) is 27.4 Å². The number of sulfonamides is 1. The molecule has 236 valence electrons. The van der Waals surface area contributed by atoms with E-state index in [2.05, 4.69) is 10.3 Å². The van der Waals surface area contributed by atoms with Gasteiger partial charge in [-0.3, -0.25) is 0 Å². The van der Waals surface area contributed by atoms with Gasteiger partial charge >= 0.3 is 22.0 Å². The fourth-order valence-electron chi connectivity index (χ4n) is 6.55. The van der Waals surface area contributed by atoms with Crippen molar-refractivity contribution in [2.75, 3.05) is 29.9 Å². The van der Waals surface area contributed by atoms with Gasteiger partial charge in [0.25, 0.3) is 0 Å². The number of para-hydroxylation sites is 2. The van der Waals surface area contributed by atoms with Crippen molar-refractivity contribution in [3.8, 4) is 11.8 Å². The van der Waals surface area contributed by atoms with Crippen LogP contribution in [0.25, 0.3) is 0 Å². The molecule has 15 heteroatoms. The number of fused-ring (bicyclic) bond motifs is 1. The van der Waals surface area contributed by atoms with Crippen LogP contribution in [0.5, 0.6) is 5.75 Å². The van der Waals surface area contributed by atoms with Crippen LogP contribution < -0.4 is 15.0 Å². The van der Waals surface area contributed by atoms with Crippen LogP contribution in [-0.4, -0.2) is 60.1 Å². The molecule has 0 bridgehead atoms. The first kappa shape index (κ1) is 31.1. The van der Waals surface area contributed by atoms with Gasteiger partial charge in [-0.1, -0.05) is 36.4 Å². The van der Waals surface area contributed by atoms with Crippen LogP contribution in [0.2, 0.25) is 0 Å². The number of benzene rings is 3. The van der Waals surface area contributed by atoms with E-state index in [-0.39, 0.29) is 35.7 Å². The number of imide groups is 1. The number of thiazole rings is 1. The minimum absolute atomic E-state index is 0.0101. The predicted molar refractivity (Wildman–Crippen MR) is 163 cm³/mol. The molecule has 4 aromatic rings. The molecule has 1 saturated heterocycles. The number of amides is 2. The van der Waals surface area contributed by atoms with Crippen molar-refractivity contribution in [2.24, 2.45) is 0 Å². The number of nitrogens with zero attached hydrogens (tertiary/aromatic N) is 4. The molecule has 4 unspecified atom stereocenters. The molecule has 2 aliphatic rings. The Morgan fingerprint density at radius 2 is 1.96 bits per heavy atom. The van der Waals surface area contributed by atoms with E-state index in [1.54, 1.807) is 54.8 Å². The maximum absolute atomic E-state index is 15.7. The van der Waals surface area contributed by atoms with E-state index in [1.807, 2.05) is 6.07 Å². The van der Waals surface area contributed by atoms with Gasteiger partial charge in [0.1, 0.15) is 18.1 Å². The summed E-state index contributed by atoms with van der Waals surface area (Å²) in [6.45, 7) is 0.701. The Labute approximate surface area is 266 Å². The summed E-state index contributed by atoms with van der Waals surface area (Å²) in [5.74, 6) is -4.99. The molecule has 6 rings (SSSR count). The monoisotopic (exact) mass is 666 g/mol. The third-order valence-electron chi connectivity index (χ3n) is 8.38. The molecule has 0 saturated carbocycles. The Morgan fingerprint density at radius 1 is 1.22 bits per heavy atom. The van der Waals surface area contributed by atoms with Gasteiger partial charge in [-0.05, 0) is 40.6 Å². The van der Waals surface area contributed by atoms with Gasteiger partial charge in [0, 0.05) is 41.4 Å². The fraction of sp³-hybridized carbons (Fsp3) is 0.226. The van der Waals surface area contributed by atoms with Crippen LogP contribution in [0.3, 0.4) is 0 Å². The summed E-state index contributed by atoms with van der Waals surface area (Å²) in [6.07, 6.45) is -0.720. The number of hydrogen-bond donors (Lipinski definition) is 2. The molecule has 2 aliphatic heterocycles. The molecular formula is C31H26F2N5O6S2+. The second kappa shape index (κ2) is 11.5. The van der Waals surface area contributed by atoms with Gasteiger partial charge in [0.2, 0.25) is 0 Å². The Hall–Kier alpha value is -4.91. The number of nitrogens with one attached hydrogen (secondary N) is 1. The third-order valence-corrected chi connectivity index (χ3v) is 11.3. The molecule has 11 nitrogen and oxygen atoms in total. The molecule has 1 aromatic heterocycles. The SMILES string of the molecule is CCOc1ccccc1C1(C2CNc3ccccc32)C(=O)[N+](C(=O)O)(S(=O)(=O)c2ccc(F)cc2F)CC(C#N)N1c1nccs1. The highest BCUT2D eigenvalue weighted by atomic mass is 32.2. The largest absolute Gasteiger partial charge is 0.537 e. The standard InChI is InChI=1S/C31H25F2N5O6S2/c1-2-44-26-10-6-4-8-22(26)31(23-17-36-25-9-5-3-7-21(23)25)28(39)38(30(40)41,18-20(16-34)37(31)29-35-13-14-45-29)46(42,43)27-12-11-19(32)15-24(27)33/h3-15,20,23,36H,2,17-18H2,1H3/p+1. The zero-order valence-electron chi connectivity index (χ0n) is 24.1. The molecule has 0 radical (unpaired) electrons. The number of ether oxygens (including phenoxy) is 1. The average Bonchev–Trinajstić information content (AvgIpc) is 3.72. The smallest absolute Gasteiger partial charge is 0.493 e. The van der Waals surface area contributed by atoms with Gasteiger partial charge in [-0.25, -0.2) is 18.6 Å². The summed E-state index contributed by atoms with van der Waals surface area (Å²) in [7, 11) is -5.58. The van der Waals surface area contributed by atoms with E-state index >= 15 is 9.18 Å². The molecule has 1 fully saturated rings. The van der Waals surface area contributed by atoms with E-state index in [4.69, 9.17) is 4.74 Å². The lowest BCUT2D eigenvalue weighted by molar-refractivity contribution is -0.660. The first-order valence-corrected chi connectivity index (χ1v) is 16.4. The average molecular weight is 667 g/mol. The maximum Gasteiger partial charge on any atom is 0.537 e. The van der Waals surface area contributed by atoms with Crippen LogP contribution in [0.1, 0.15) is 24.0 Å². The quantitative estimate of drug-likeness (QED) is 0.257. The van der Waals surface area contributed by atoms with Gasteiger partial charge in [-0.2, -0.15) is 18.5 Å². The zero-order valence-corrected chi connectivity index (χ0v) is 25.8. The number of carbonyl (C=O) groups excluding carboxylic acids is 1. The Bertz CT molecular complexity index is 2000. The molecular weight excluding hydrogens is 640 g/mol. The summed E-state index contributed by atoms with van der Waals surface area (Å²) in [5.41, 5.74) is -1.08. The molecule has 2 amide bonds. The number of piperazine rings is 1. The highest BCUT2D eigenvalue weighted by Gasteiger charge is 2.75. The lowest BCUT2D eigenvalue weighted by atomic mass is 9.70. The number of carbonyl (C=O) groups is 2. The van der Waals surface area contributed by atoms with E-state index < -0.39 is 66.5 Å². The Morgan fingerprint density at radius 3 is 2.63 bits per heavy atom. The lowest BCUT2D eigenvalue weighted by Crippen LogP contribution is -2.79. The maximum atomic E-state index is 15.7. The predicted octanol–water partition coefficient (Wildman–Crippen LogP) is 5.05. The Kier molecular flexibility index (Phi) is 7.75. The first-order valence-electron chi connectivity index (χ1n) is 14.1. The molecule has 0 spiro atoms. The molecule has 2 N–H and O–H groups in total. The molecule has 3 aromatic carbocycles. The van der Waals surface area contributed by atoms with E-state index in [0.717, 1.165) is 11.3 Å². The van der Waals surface area contributed by atoms with E-state index in [9.17, 15) is 28.0 Å². The van der Waals surface area contributed by atoms with Crippen LogP contribution in [0, 0.1) is 23.0 Å². The number of aromatic nitrogens is 1. The molecule has 4 atom stereocenters. The van der Waals surface area contributed by atoms with Crippen LogP contribution >= 0.6 is 11.3 Å². The van der Waals surface area contributed by atoms with Crippen LogP contribution in [-0.2, 0) is 20.4 Å². The first-order chi connectivity index (χ1) is 22.0. The number of quaternary nitrogens is 1. The highest BCUT2D eigenvalue weighted by molar-refractivity contribution is 7.86. The number of anilines is 2. The van der Waals surface area contributed by atoms with Crippen molar-refractivity contribution in [3.63, 3.8) is 0 Å². The van der Waals surface area contributed by atoms with Crippen LogP contribution in [0.4, 0.5) is 24.4 Å². The summed E-state index contributed by atoms with van der Waals surface area (Å²) in [5, 5.41) is 26.6. The summed E-state index contributed by atoms with van der Waals surface area (Å²) in [4.78, 5) is 33.8. The van der Waals surface area contributed by atoms with Crippen molar-refractivity contribution in [1.82, 2.24) is 4.98 Å². The summed E-state index contributed by atoms with van der Waals surface area (Å²) < 4.78 is 61.9. The fourth-order valence-corrected chi connectivity index (χ4v) is 9.08. The lowest BCUT2D eigenvalue weighted by Gasteiger charge is -2.53. The summed E-state index contributed by atoms with van der Waals surface area (Å²) >= 11 is 1.07. The van der Waals surface area contributed by atoms with E-state index in [1.165, 1.54) is 17.2 Å². The number of nitriles is 1. The van der Waals surface area contributed by atoms with Crippen molar-refractivity contribution in [1.29, 1.82) is 5.26 Å². The summed E-state index contributed by atoms with van der Waals surface area (Å²) in [6, 6.07) is 15.2. The zero-order chi connectivity index (χ0) is 32.9. The van der Waals surface area contributed by atoms with Crippen LogP contribution in [0.15, 0.2) is 83.2 Å². The molecule has 46 heavy (non-hydrogen) atoms.